The molecule has 1 aromatic carbocycles. The molecular weight excluding hydrogens is 256 g/mol. The quantitative estimate of drug-likeness (QED) is 0.769. The lowest BCUT2D eigenvalue weighted by Gasteiger charge is -2.04. The maximum atomic E-state index is 10.2. The standard InChI is InChI=1S/C8H6O4.4C2H4/c9-7(10)5-1-2-6(4-3-5)8(11)12;4*1-2/h1-4H,(H,9,10)(H,11,12);4*1-2H2/p-2. The second-order valence-corrected chi connectivity index (χ2v) is 2.15. The zero-order valence-corrected chi connectivity index (χ0v) is 11.6. The average Bonchev–Trinajstić information content (AvgIpc) is 2.55. The zero-order valence-electron chi connectivity index (χ0n) is 11.6. The van der Waals surface area contributed by atoms with Gasteiger partial charge in [-0.2, -0.15) is 0 Å². The van der Waals surface area contributed by atoms with Gasteiger partial charge in [-0.05, 0) is 11.1 Å². The number of aromatic carboxylic acids is 2. The van der Waals surface area contributed by atoms with E-state index in [1.165, 1.54) is 0 Å². The average molecular weight is 276 g/mol. The molecule has 0 amide bonds. The molecule has 0 heterocycles. The van der Waals surface area contributed by atoms with Crippen LogP contribution in [0.2, 0.25) is 0 Å². The molecule has 0 aliphatic carbocycles. The fraction of sp³-hybridized carbons (Fsp3) is 0. The first kappa shape index (κ1) is 25.8. The van der Waals surface area contributed by atoms with Crippen LogP contribution in [0.15, 0.2) is 76.9 Å². The molecule has 0 atom stereocenters. The smallest absolute Gasteiger partial charge is 0.0715 e. The van der Waals surface area contributed by atoms with Crippen LogP contribution in [0.1, 0.15) is 20.7 Å². The fourth-order valence-corrected chi connectivity index (χ4v) is 0.742. The summed E-state index contributed by atoms with van der Waals surface area (Å²) in [5, 5.41) is 20.4. The van der Waals surface area contributed by atoms with Gasteiger partial charge >= 0.3 is 0 Å². The van der Waals surface area contributed by atoms with Crippen molar-refractivity contribution in [3.8, 4) is 0 Å². The Labute approximate surface area is 120 Å². The minimum absolute atomic E-state index is 0.0556. The largest absolute Gasteiger partial charge is 0.545 e. The van der Waals surface area contributed by atoms with E-state index in [9.17, 15) is 19.8 Å². The molecule has 0 saturated carbocycles. The summed E-state index contributed by atoms with van der Waals surface area (Å²) >= 11 is 0. The topological polar surface area (TPSA) is 80.3 Å². The number of carbonyl (C=O) groups excluding carboxylic acids is 2. The second kappa shape index (κ2) is 21.4. The minimum Gasteiger partial charge on any atom is -0.545 e. The highest BCUT2D eigenvalue weighted by Crippen LogP contribution is 2.01. The Hall–Kier alpha value is -2.88. The summed E-state index contributed by atoms with van der Waals surface area (Å²) in [7, 11) is 0. The molecule has 0 radical (unpaired) electrons. The molecule has 0 N–H and O–H groups in total. The molecular formula is C16H20O4-2. The van der Waals surface area contributed by atoms with Crippen molar-refractivity contribution in [2.75, 3.05) is 0 Å². The molecule has 0 aromatic heterocycles. The van der Waals surface area contributed by atoms with Crippen LogP contribution in [-0.4, -0.2) is 11.9 Å². The van der Waals surface area contributed by atoms with Crippen LogP contribution < -0.4 is 10.2 Å². The molecule has 0 fully saturated rings. The molecule has 0 bridgehead atoms. The van der Waals surface area contributed by atoms with E-state index in [1.54, 1.807) is 0 Å². The van der Waals surface area contributed by atoms with E-state index in [4.69, 9.17) is 0 Å². The lowest BCUT2D eigenvalue weighted by molar-refractivity contribution is -0.256. The predicted molar refractivity (Wildman–Crippen MR) is 80.1 cm³/mol. The number of rotatable bonds is 2. The van der Waals surface area contributed by atoms with Gasteiger partial charge in [0.25, 0.3) is 0 Å². The van der Waals surface area contributed by atoms with Crippen LogP contribution >= 0.6 is 0 Å². The monoisotopic (exact) mass is 276 g/mol. The third-order valence-electron chi connectivity index (χ3n) is 1.36. The Bertz CT molecular complexity index is 328. The van der Waals surface area contributed by atoms with Gasteiger partial charge in [-0.15, -0.1) is 52.6 Å². The first-order valence-electron chi connectivity index (χ1n) is 5.14. The molecule has 0 spiro atoms. The highest BCUT2D eigenvalue weighted by molar-refractivity contribution is 5.89. The van der Waals surface area contributed by atoms with Crippen LogP contribution in [0.3, 0.4) is 0 Å². The fourth-order valence-electron chi connectivity index (χ4n) is 0.742. The summed E-state index contributed by atoms with van der Waals surface area (Å²) in [5.74, 6) is -2.67. The summed E-state index contributed by atoms with van der Waals surface area (Å²) in [6.45, 7) is 24.0. The lowest BCUT2D eigenvalue weighted by atomic mass is 10.1. The number of hydrogen-bond acceptors (Lipinski definition) is 4. The Kier molecular flexibility index (Phi) is 27.7. The van der Waals surface area contributed by atoms with Gasteiger partial charge in [0.2, 0.25) is 0 Å². The molecule has 0 saturated heterocycles. The van der Waals surface area contributed by atoms with Gasteiger partial charge in [0.05, 0.1) is 11.9 Å². The van der Waals surface area contributed by atoms with E-state index >= 15 is 0 Å². The normalized spacial score (nSPS) is 6.40. The highest BCUT2D eigenvalue weighted by Gasteiger charge is 1.94. The molecule has 1 aromatic rings. The van der Waals surface area contributed by atoms with Gasteiger partial charge in [0.1, 0.15) is 0 Å². The van der Waals surface area contributed by atoms with Crippen LogP contribution in [0.5, 0.6) is 0 Å². The van der Waals surface area contributed by atoms with Crippen molar-refractivity contribution in [3.05, 3.63) is 88.0 Å². The van der Waals surface area contributed by atoms with Crippen molar-refractivity contribution in [3.63, 3.8) is 0 Å². The molecule has 4 nitrogen and oxygen atoms in total. The number of hydrogen-bond donors (Lipinski definition) is 0. The summed E-state index contributed by atoms with van der Waals surface area (Å²) in [6, 6.07) is 4.61. The molecule has 0 aliphatic heterocycles. The maximum absolute atomic E-state index is 10.2. The van der Waals surface area contributed by atoms with Gasteiger partial charge in [-0.1, -0.05) is 24.3 Å². The first-order valence-corrected chi connectivity index (χ1v) is 5.14. The molecule has 0 aliphatic rings. The van der Waals surface area contributed by atoms with E-state index in [1.807, 2.05) is 0 Å². The number of carbonyl (C=O) groups is 2. The van der Waals surface area contributed by atoms with E-state index in [0.29, 0.717) is 0 Å². The van der Waals surface area contributed by atoms with Crippen molar-refractivity contribution >= 4 is 11.9 Å². The lowest BCUT2D eigenvalue weighted by Crippen LogP contribution is -2.24. The van der Waals surface area contributed by atoms with Gasteiger partial charge in [0.15, 0.2) is 0 Å². The van der Waals surface area contributed by atoms with E-state index in [-0.39, 0.29) is 11.1 Å². The van der Waals surface area contributed by atoms with Crippen molar-refractivity contribution in [2.45, 2.75) is 0 Å². The molecule has 4 heteroatoms. The van der Waals surface area contributed by atoms with Crippen LogP contribution in [-0.2, 0) is 0 Å². The van der Waals surface area contributed by atoms with Crippen LogP contribution in [0, 0.1) is 0 Å². The number of benzene rings is 1. The molecule has 1 rings (SSSR count). The molecule has 20 heavy (non-hydrogen) atoms. The first-order chi connectivity index (χ1) is 9.61. The van der Waals surface area contributed by atoms with Gasteiger partial charge < -0.3 is 19.8 Å². The number of carboxylic acids is 2. The third-order valence-corrected chi connectivity index (χ3v) is 1.36. The summed E-state index contributed by atoms with van der Waals surface area (Å²) in [6.07, 6.45) is 0. The summed E-state index contributed by atoms with van der Waals surface area (Å²) in [5.41, 5.74) is -0.111. The SMILES string of the molecule is C=C.C=C.C=C.C=C.O=C([O-])c1ccc(C(=O)[O-])cc1. The van der Waals surface area contributed by atoms with Crippen molar-refractivity contribution in [1.29, 1.82) is 0 Å². The predicted octanol–water partition coefficient (Wildman–Crippen LogP) is 1.62. The minimum atomic E-state index is -1.33. The summed E-state index contributed by atoms with van der Waals surface area (Å²) < 4.78 is 0. The second-order valence-electron chi connectivity index (χ2n) is 2.15. The Morgan fingerprint density at radius 2 is 0.750 bits per heavy atom. The Morgan fingerprint density at radius 3 is 0.850 bits per heavy atom. The molecule has 110 valence electrons. The third kappa shape index (κ3) is 13.2. The van der Waals surface area contributed by atoms with Gasteiger partial charge in [0, 0.05) is 0 Å². The van der Waals surface area contributed by atoms with Crippen LogP contribution in [0.4, 0.5) is 0 Å². The molecule has 0 unspecified atom stereocenters. The van der Waals surface area contributed by atoms with Gasteiger partial charge in [-0.25, -0.2) is 0 Å². The van der Waals surface area contributed by atoms with E-state index < -0.39 is 11.9 Å². The van der Waals surface area contributed by atoms with Crippen LogP contribution in [0.25, 0.3) is 0 Å². The van der Waals surface area contributed by atoms with Crippen molar-refractivity contribution < 1.29 is 19.8 Å². The van der Waals surface area contributed by atoms with Gasteiger partial charge in [-0.3, -0.25) is 0 Å². The maximum Gasteiger partial charge on any atom is 0.0715 e. The van der Waals surface area contributed by atoms with E-state index in [0.717, 1.165) is 24.3 Å². The van der Waals surface area contributed by atoms with E-state index in [2.05, 4.69) is 52.6 Å². The van der Waals surface area contributed by atoms with Crippen molar-refractivity contribution in [1.82, 2.24) is 0 Å². The Morgan fingerprint density at radius 1 is 0.600 bits per heavy atom. The van der Waals surface area contributed by atoms with Crippen molar-refractivity contribution in [2.24, 2.45) is 0 Å². The zero-order chi connectivity index (χ0) is 17.1. The Balaban J connectivity index is -0.000000138. The summed E-state index contributed by atoms with van der Waals surface area (Å²) in [4.78, 5) is 20.4. The highest BCUT2D eigenvalue weighted by atomic mass is 16.4. The number of carboxylic acid groups (broad SMARTS) is 2.